The molecule has 2 atom stereocenters. The van der Waals surface area contributed by atoms with Crippen LogP contribution in [-0.4, -0.2) is 66.7 Å². The zero-order chi connectivity index (χ0) is 16.0. The third-order valence-electron chi connectivity index (χ3n) is 3.73. The van der Waals surface area contributed by atoms with Crippen molar-refractivity contribution >= 4 is 12.0 Å². The first-order valence-corrected chi connectivity index (χ1v) is 7.72. The normalized spacial score (nSPS) is 20.7. The second-order valence-corrected chi connectivity index (χ2v) is 6.66. The number of hydrogen-bond acceptors (Lipinski definition) is 3. The molecule has 1 rings (SSSR count). The highest BCUT2D eigenvalue weighted by molar-refractivity contribution is 5.76. The van der Waals surface area contributed by atoms with Gasteiger partial charge < -0.3 is 20.2 Å². The van der Waals surface area contributed by atoms with Crippen molar-refractivity contribution in [2.24, 2.45) is 11.8 Å². The number of hydrogen-bond donors (Lipinski definition) is 2. The summed E-state index contributed by atoms with van der Waals surface area (Å²) in [4.78, 5) is 27.1. The Morgan fingerprint density at radius 3 is 2.57 bits per heavy atom. The molecule has 0 saturated carbocycles. The maximum Gasteiger partial charge on any atom is 0.317 e. The van der Waals surface area contributed by atoms with E-state index in [0.29, 0.717) is 25.4 Å². The Balaban J connectivity index is 2.57. The van der Waals surface area contributed by atoms with E-state index >= 15 is 0 Å². The summed E-state index contributed by atoms with van der Waals surface area (Å²) in [6.07, 6.45) is 2.33. The van der Waals surface area contributed by atoms with E-state index in [1.165, 1.54) is 0 Å². The standard InChI is InChI=1S/C15H29N3O3/c1-11(2)8-13(10-17(3)4)16-15(21)18-7-5-6-12(9-18)14(19)20/h11-13H,5-10H2,1-4H3,(H,16,21)(H,19,20). The Labute approximate surface area is 127 Å². The monoisotopic (exact) mass is 299 g/mol. The van der Waals surface area contributed by atoms with Crippen molar-refractivity contribution < 1.29 is 14.7 Å². The second-order valence-electron chi connectivity index (χ2n) is 6.66. The molecule has 1 aliphatic heterocycles. The summed E-state index contributed by atoms with van der Waals surface area (Å²) in [5, 5.41) is 12.2. The van der Waals surface area contributed by atoms with Crippen LogP contribution >= 0.6 is 0 Å². The minimum Gasteiger partial charge on any atom is -0.481 e. The van der Waals surface area contributed by atoms with Crippen LogP contribution in [0.2, 0.25) is 0 Å². The minimum atomic E-state index is -0.806. The molecule has 0 aromatic rings. The second kappa shape index (κ2) is 8.22. The molecule has 0 aliphatic carbocycles. The highest BCUT2D eigenvalue weighted by Crippen LogP contribution is 2.17. The van der Waals surface area contributed by atoms with E-state index in [1.807, 2.05) is 14.1 Å². The number of carbonyl (C=O) groups excluding carboxylic acids is 1. The maximum atomic E-state index is 12.3. The molecule has 0 aromatic heterocycles. The number of likely N-dealkylation sites (tertiary alicyclic amines) is 1. The minimum absolute atomic E-state index is 0.0951. The van der Waals surface area contributed by atoms with Gasteiger partial charge in [-0.1, -0.05) is 13.8 Å². The summed E-state index contributed by atoms with van der Waals surface area (Å²) < 4.78 is 0. The van der Waals surface area contributed by atoms with Crippen LogP contribution in [0.15, 0.2) is 0 Å². The van der Waals surface area contributed by atoms with Gasteiger partial charge in [0.05, 0.1) is 5.92 Å². The average molecular weight is 299 g/mol. The number of amides is 2. The Kier molecular flexibility index (Phi) is 6.95. The average Bonchev–Trinajstić information content (AvgIpc) is 2.37. The van der Waals surface area contributed by atoms with E-state index in [0.717, 1.165) is 19.4 Å². The van der Waals surface area contributed by atoms with Gasteiger partial charge in [-0.2, -0.15) is 0 Å². The molecular formula is C15H29N3O3. The van der Waals surface area contributed by atoms with Crippen molar-refractivity contribution in [3.63, 3.8) is 0 Å². The summed E-state index contributed by atoms with van der Waals surface area (Å²) in [6, 6.07) is -0.0360. The highest BCUT2D eigenvalue weighted by Gasteiger charge is 2.29. The topological polar surface area (TPSA) is 72.9 Å². The number of piperidine rings is 1. The lowest BCUT2D eigenvalue weighted by Crippen LogP contribution is -2.52. The van der Waals surface area contributed by atoms with Gasteiger partial charge in [0.15, 0.2) is 0 Å². The molecule has 0 aromatic carbocycles. The summed E-state index contributed by atoms with van der Waals surface area (Å²) in [6.45, 7) is 6.02. The largest absolute Gasteiger partial charge is 0.481 e. The van der Waals surface area contributed by atoms with Crippen molar-refractivity contribution in [2.45, 2.75) is 39.2 Å². The van der Waals surface area contributed by atoms with Gasteiger partial charge in [-0.05, 0) is 39.3 Å². The van der Waals surface area contributed by atoms with Gasteiger partial charge in [0, 0.05) is 25.7 Å². The summed E-state index contributed by atoms with van der Waals surface area (Å²) in [7, 11) is 3.97. The van der Waals surface area contributed by atoms with Gasteiger partial charge in [-0.25, -0.2) is 4.79 Å². The molecule has 0 bridgehead atoms. The van der Waals surface area contributed by atoms with E-state index < -0.39 is 11.9 Å². The fourth-order valence-corrected chi connectivity index (χ4v) is 2.82. The first-order valence-electron chi connectivity index (χ1n) is 7.72. The first kappa shape index (κ1) is 17.8. The molecule has 1 saturated heterocycles. The third-order valence-corrected chi connectivity index (χ3v) is 3.73. The molecule has 122 valence electrons. The molecule has 1 aliphatic rings. The van der Waals surface area contributed by atoms with Gasteiger partial charge >= 0.3 is 12.0 Å². The molecule has 1 fully saturated rings. The lowest BCUT2D eigenvalue weighted by Gasteiger charge is -2.33. The smallest absolute Gasteiger partial charge is 0.317 e. The van der Waals surface area contributed by atoms with Gasteiger partial charge in [-0.15, -0.1) is 0 Å². The lowest BCUT2D eigenvalue weighted by atomic mass is 9.98. The number of carbonyl (C=O) groups is 2. The van der Waals surface area contributed by atoms with Crippen molar-refractivity contribution in [3.8, 4) is 0 Å². The van der Waals surface area contributed by atoms with Gasteiger partial charge in [0.1, 0.15) is 0 Å². The van der Waals surface area contributed by atoms with Crippen LogP contribution in [0.4, 0.5) is 4.79 Å². The van der Waals surface area contributed by atoms with Crippen molar-refractivity contribution in [2.75, 3.05) is 33.7 Å². The fraction of sp³-hybridized carbons (Fsp3) is 0.867. The number of rotatable bonds is 6. The Hall–Kier alpha value is -1.30. The zero-order valence-corrected chi connectivity index (χ0v) is 13.6. The predicted octanol–water partition coefficient (Wildman–Crippen LogP) is 1.47. The number of nitrogens with one attached hydrogen (secondary N) is 1. The van der Waals surface area contributed by atoms with Crippen LogP contribution in [0, 0.1) is 11.8 Å². The van der Waals surface area contributed by atoms with Crippen molar-refractivity contribution in [1.29, 1.82) is 0 Å². The van der Waals surface area contributed by atoms with Crippen LogP contribution in [0.5, 0.6) is 0 Å². The van der Waals surface area contributed by atoms with E-state index in [2.05, 4.69) is 24.1 Å². The SMILES string of the molecule is CC(C)CC(CN(C)C)NC(=O)N1CCCC(C(=O)O)C1. The Morgan fingerprint density at radius 1 is 1.38 bits per heavy atom. The number of nitrogens with zero attached hydrogens (tertiary/aromatic N) is 2. The van der Waals surface area contributed by atoms with E-state index in [-0.39, 0.29) is 12.1 Å². The number of carboxylic acids is 1. The molecule has 21 heavy (non-hydrogen) atoms. The third kappa shape index (κ3) is 6.33. The van der Waals surface area contributed by atoms with E-state index in [4.69, 9.17) is 5.11 Å². The summed E-state index contributed by atoms with van der Waals surface area (Å²) >= 11 is 0. The van der Waals surface area contributed by atoms with Crippen LogP contribution in [-0.2, 0) is 4.79 Å². The van der Waals surface area contributed by atoms with Gasteiger partial charge in [0.2, 0.25) is 0 Å². The Morgan fingerprint density at radius 2 is 2.05 bits per heavy atom. The highest BCUT2D eigenvalue weighted by atomic mass is 16.4. The van der Waals surface area contributed by atoms with Gasteiger partial charge in [0.25, 0.3) is 0 Å². The molecule has 6 nitrogen and oxygen atoms in total. The fourth-order valence-electron chi connectivity index (χ4n) is 2.82. The Bertz CT molecular complexity index is 348. The van der Waals surface area contributed by atoms with E-state index in [1.54, 1.807) is 4.90 Å². The van der Waals surface area contributed by atoms with Crippen LogP contribution in [0.3, 0.4) is 0 Å². The predicted molar refractivity (Wildman–Crippen MR) is 82.3 cm³/mol. The number of aliphatic carboxylic acids is 1. The van der Waals surface area contributed by atoms with Crippen LogP contribution < -0.4 is 5.32 Å². The molecule has 2 amide bonds. The van der Waals surface area contributed by atoms with E-state index in [9.17, 15) is 9.59 Å². The molecule has 2 N–H and O–H groups in total. The quantitative estimate of drug-likeness (QED) is 0.779. The molecule has 2 unspecified atom stereocenters. The van der Waals surface area contributed by atoms with Crippen LogP contribution in [0.25, 0.3) is 0 Å². The van der Waals surface area contributed by atoms with Crippen molar-refractivity contribution in [1.82, 2.24) is 15.1 Å². The molecular weight excluding hydrogens is 270 g/mol. The number of urea groups is 1. The molecule has 6 heteroatoms. The summed E-state index contributed by atoms with van der Waals surface area (Å²) in [5.41, 5.74) is 0. The lowest BCUT2D eigenvalue weighted by molar-refractivity contribution is -0.143. The molecule has 1 heterocycles. The summed E-state index contributed by atoms with van der Waals surface area (Å²) in [5.74, 6) is -0.732. The van der Waals surface area contributed by atoms with Crippen LogP contribution in [0.1, 0.15) is 33.1 Å². The number of likely N-dealkylation sites (N-methyl/N-ethyl adjacent to an activating group) is 1. The molecule has 0 radical (unpaired) electrons. The van der Waals surface area contributed by atoms with Gasteiger partial charge in [-0.3, -0.25) is 4.79 Å². The number of carboxylic acid groups (broad SMARTS) is 1. The van der Waals surface area contributed by atoms with Crippen molar-refractivity contribution in [3.05, 3.63) is 0 Å². The zero-order valence-electron chi connectivity index (χ0n) is 13.6. The molecule has 0 spiro atoms. The first-order chi connectivity index (χ1) is 9.79. The maximum absolute atomic E-state index is 12.3.